The van der Waals surface area contributed by atoms with Gasteiger partial charge >= 0.3 is 0 Å². The summed E-state index contributed by atoms with van der Waals surface area (Å²) in [5.41, 5.74) is 5.04. The number of sulfonamides is 2. The van der Waals surface area contributed by atoms with Crippen molar-refractivity contribution in [1.29, 1.82) is 0 Å². The van der Waals surface area contributed by atoms with E-state index in [0.29, 0.717) is 0 Å². The molecule has 2 aromatic rings. The normalized spacial score (nSPS) is 11.9. The largest absolute Gasteiger partial charge is 0.329 e. The molecule has 0 saturated heterocycles. The van der Waals surface area contributed by atoms with E-state index in [-0.39, 0.29) is 34.3 Å². The van der Waals surface area contributed by atoms with Gasteiger partial charge in [-0.25, -0.2) is 21.6 Å². The number of non-ortho nitro benzene ring substituents is 1. The summed E-state index contributed by atoms with van der Waals surface area (Å²) in [4.78, 5) is 9.66. The number of benzene rings is 2. The Morgan fingerprint density at radius 2 is 1.62 bits per heavy atom. The summed E-state index contributed by atoms with van der Waals surface area (Å²) >= 11 is 0. The molecule has 0 aliphatic rings. The Hall–Kier alpha value is -2.54. The van der Waals surface area contributed by atoms with Gasteiger partial charge in [-0.05, 0) is 30.3 Å². The summed E-state index contributed by atoms with van der Waals surface area (Å²) in [7, 11) is -7.86. The molecule has 4 N–H and O–H groups in total. The third kappa shape index (κ3) is 4.76. The van der Waals surface area contributed by atoms with Crippen molar-refractivity contribution in [2.75, 3.05) is 17.8 Å². The fraction of sp³-hybridized carbons (Fsp3) is 0.143. The summed E-state index contributed by atoms with van der Waals surface area (Å²) in [6, 6.07) is 9.52. The second kappa shape index (κ2) is 7.78. The summed E-state index contributed by atoms with van der Waals surface area (Å²) in [6.07, 6.45) is 0. The molecular formula is C14H16N4O6S2. The predicted octanol–water partition coefficient (Wildman–Crippen LogP) is 0.633. The second-order valence-electron chi connectivity index (χ2n) is 5.07. The highest BCUT2D eigenvalue weighted by Crippen LogP contribution is 2.21. The molecule has 140 valence electrons. The number of nitrogens with one attached hydrogen (secondary N) is 2. The molecule has 0 radical (unpaired) electrons. The van der Waals surface area contributed by atoms with E-state index in [1.165, 1.54) is 18.2 Å². The zero-order chi connectivity index (χ0) is 19.4. The zero-order valence-electron chi connectivity index (χ0n) is 13.3. The van der Waals surface area contributed by atoms with Crippen LogP contribution >= 0.6 is 0 Å². The summed E-state index contributed by atoms with van der Waals surface area (Å²) in [6.45, 7) is 0.160. The lowest BCUT2D eigenvalue weighted by atomic mass is 10.3. The van der Waals surface area contributed by atoms with Gasteiger partial charge in [0.1, 0.15) is 0 Å². The van der Waals surface area contributed by atoms with E-state index < -0.39 is 25.0 Å². The lowest BCUT2D eigenvalue weighted by Gasteiger charge is -2.10. The average molecular weight is 400 g/mol. The number of anilines is 1. The maximum absolute atomic E-state index is 12.4. The van der Waals surface area contributed by atoms with Gasteiger partial charge in [0, 0.05) is 25.2 Å². The number of hydrogen-bond acceptors (Lipinski definition) is 7. The first-order valence-electron chi connectivity index (χ1n) is 7.23. The van der Waals surface area contributed by atoms with Crippen molar-refractivity contribution >= 4 is 31.4 Å². The number of nitro benzene ring substituents is 1. The van der Waals surface area contributed by atoms with Gasteiger partial charge in [-0.2, -0.15) is 0 Å². The topological polar surface area (TPSA) is 162 Å². The number of hydrogen-bond donors (Lipinski definition) is 3. The Balaban J connectivity index is 2.27. The lowest BCUT2D eigenvalue weighted by molar-refractivity contribution is -0.384. The quantitative estimate of drug-likeness (QED) is 0.432. The maximum Gasteiger partial charge on any atom is 0.269 e. The Morgan fingerprint density at radius 1 is 0.962 bits per heavy atom. The van der Waals surface area contributed by atoms with Gasteiger partial charge in [0.15, 0.2) is 0 Å². The van der Waals surface area contributed by atoms with Crippen LogP contribution in [0.25, 0.3) is 0 Å². The number of nitrogens with zero attached hydrogens (tertiary/aromatic N) is 1. The van der Waals surface area contributed by atoms with Crippen LogP contribution in [0.2, 0.25) is 0 Å². The average Bonchev–Trinajstić information content (AvgIpc) is 2.60. The maximum atomic E-state index is 12.4. The van der Waals surface area contributed by atoms with Crippen molar-refractivity contribution in [3.05, 3.63) is 58.6 Å². The monoisotopic (exact) mass is 400 g/mol. The number of rotatable bonds is 8. The number of nitrogens with two attached hydrogens (primary N) is 1. The first-order chi connectivity index (χ1) is 12.2. The first-order valence-corrected chi connectivity index (χ1v) is 10.2. The van der Waals surface area contributed by atoms with Crippen LogP contribution in [0.4, 0.5) is 11.4 Å². The van der Waals surface area contributed by atoms with Crippen molar-refractivity contribution < 1.29 is 21.8 Å². The molecule has 0 amide bonds. The zero-order valence-corrected chi connectivity index (χ0v) is 15.0. The highest BCUT2D eigenvalue weighted by molar-refractivity contribution is 7.92. The van der Waals surface area contributed by atoms with Crippen molar-refractivity contribution in [2.24, 2.45) is 5.73 Å². The van der Waals surface area contributed by atoms with E-state index >= 15 is 0 Å². The molecule has 0 aliphatic heterocycles. The Labute approximate surface area is 150 Å². The van der Waals surface area contributed by atoms with Crippen LogP contribution in [0.15, 0.2) is 58.3 Å². The van der Waals surface area contributed by atoms with Crippen LogP contribution in [0.3, 0.4) is 0 Å². The highest BCUT2D eigenvalue weighted by atomic mass is 32.2. The molecule has 0 unspecified atom stereocenters. The molecule has 0 atom stereocenters. The molecule has 0 heterocycles. The smallest absolute Gasteiger partial charge is 0.269 e. The van der Waals surface area contributed by atoms with Crippen LogP contribution < -0.4 is 15.2 Å². The minimum Gasteiger partial charge on any atom is -0.329 e. The van der Waals surface area contributed by atoms with E-state index in [0.717, 1.165) is 30.3 Å². The van der Waals surface area contributed by atoms with Gasteiger partial charge < -0.3 is 5.73 Å². The second-order valence-corrected chi connectivity index (χ2v) is 8.52. The van der Waals surface area contributed by atoms with Crippen molar-refractivity contribution in [3.63, 3.8) is 0 Å². The van der Waals surface area contributed by atoms with Crippen LogP contribution in [0, 0.1) is 10.1 Å². The van der Waals surface area contributed by atoms with Gasteiger partial charge in [0.05, 0.1) is 20.4 Å². The van der Waals surface area contributed by atoms with E-state index in [2.05, 4.69) is 9.44 Å². The highest BCUT2D eigenvalue weighted by Gasteiger charge is 2.18. The Morgan fingerprint density at radius 3 is 2.19 bits per heavy atom. The summed E-state index contributed by atoms with van der Waals surface area (Å²) in [5, 5.41) is 10.6. The molecule has 2 aromatic carbocycles. The fourth-order valence-corrected chi connectivity index (χ4v) is 4.11. The fourth-order valence-electron chi connectivity index (χ4n) is 1.96. The van der Waals surface area contributed by atoms with Gasteiger partial charge in [0.25, 0.3) is 15.7 Å². The minimum atomic E-state index is -4.04. The summed E-state index contributed by atoms with van der Waals surface area (Å²) in [5.74, 6) is 0. The van der Waals surface area contributed by atoms with Crippen molar-refractivity contribution in [2.45, 2.75) is 9.79 Å². The van der Waals surface area contributed by atoms with E-state index in [1.54, 1.807) is 0 Å². The third-order valence-corrected chi connectivity index (χ3v) is 6.05. The lowest BCUT2D eigenvalue weighted by Crippen LogP contribution is -2.29. The van der Waals surface area contributed by atoms with Gasteiger partial charge in [-0.15, -0.1) is 0 Å². The molecule has 0 aliphatic carbocycles. The number of nitro groups is 1. The van der Waals surface area contributed by atoms with Crippen LogP contribution in [0.5, 0.6) is 0 Å². The molecule has 2 rings (SSSR count). The molecule has 10 nitrogen and oxygen atoms in total. The summed E-state index contributed by atoms with van der Waals surface area (Å²) < 4.78 is 53.4. The van der Waals surface area contributed by atoms with Crippen LogP contribution in [0.1, 0.15) is 0 Å². The molecular weight excluding hydrogens is 384 g/mol. The Kier molecular flexibility index (Phi) is 5.92. The molecule has 0 spiro atoms. The van der Waals surface area contributed by atoms with Crippen molar-refractivity contribution in [3.8, 4) is 0 Å². The predicted molar refractivity (Wildman–Crippen MR) is 94.6 cm³/mol. The van der Waals surface area contributed by atoms with Crippen LogP contribution in [-0.4, -0.2) is 34.8 Å². The molecule has 26 heavy (non-hydrogen) atoms. The standard InChI is InChI=1S/C14H16N4O6S2/c15-8-9-16-25(21,22)14-3-1-2-11(10-14)17-26(23,24)13-6-4-12(5-7-13)18(19)20/h1-7,10,16-17H,8-9,15H2. The van der Waals surface area contributed by atoms with E-state index in [9.17, 15) is 26.9 Å². The molecule has 12 heteroatoms. The SMILES string of the molecule is NCCNS(=O)(=O)c1cccc(NS(=O)(=O)c2ccc([N+](=O)[O-])cc2)c1. The minimum absolute atomic E-state index is 0.0268. The van der Waals surface area contributed by atoms with E-state index in [1.807, 2.05) is 0 Å². The van der Waals surface area contributed by atoms with Gasteiger partial charge in [-0.3, -0.25) is 14.8 Å². The van der Waals surface area contributed by atoms with Crippen molar-refractivity contribution in [1.82, 2.24) is 4.72 Å². The molecule has 0 bridgehead atoms. The first kappa shape index (κ1) is 19.8. The van der Waals surface area contributed by atoms with Gasteiger partial charge in [0.2, 0.25) is 10.0 Å². The third-order valence-electron chi connectivity index (χ3n) is 3.19. The molecule has 0 saturated carbocycles. The molecule has 0 aromatic heterocycles. The Bertz CT molecular complexity index is 1000. The molecule has 0 fully saturated rings. The van der Waals surface area contributed by atoms with E-state index in [4.69, 9.17) is 5.73 Å². The van der Waals surface area contributed by atoms with Crippen LogP contribution in [-0.2, 0) is 20.0 Å². The van der Waals surface area contributed by atoms with Gasteiger partial charge in [-0.1, -0.05) is 6.07 Å².